The van der Waals surface area contributed by atoms with Crippen LogP contribution in [-0.4, -0.2) is 15.2 Å². The quantitative estimate of drug-likeness (QED) is 0.565. The van der Waals surface area contributed by atoms with Crippen LogP contribution in [-0.2, 0) is 6.42 Å². The third kappa shape index (κ3) is 3.52. The van der Waals surface area contributed by atoms with Crippen molar-refractivity contribution >= 4 is 23.1 Å². The van der Waals surface area contributed by atoms with Crippen molar-refractivity contribution in [1.29, 1.82) is 0 Å². The van der Waals surface area contributed by atoms with Gasteiger partial charge in [-0.15, -0.1) is 0 Å². The summed E-state index contributed by atoms with van der Waals surface area (Å²) in [6.07, 6.45) is 7.81. The van der Waals surface area contributed by atoms with E-state index < -0.39 is 11.6 Å². The van der Waals surface area contributed by atoms with Crippen molar-refractivity contribution in [2.24, 2.45) is 0 Å². The van der Waals surface area contributed by atoms with Gasteiger partial charge in [-0.1, -0.05) is 12.1 Å². The number of hydrogen-bond donors (Lipinski definition) is 1. The van der Waals surface area contributed by atoms with Gasteiger partial charge in [-0.25, -0.2) is 8.78 Å². The molecule has 2 heterocycles. The van der Waals surface area contributed by atoms with Gasteiger partial charge >= 0.3 is 0 Å². The minimum absolute atomic E-state index is 0.448. The molecule has 26 heavy (non-hydrogen) atoms. The second kappa shape index (κ2) is 6.88. The van der Waals surface area contributed by atoms with Crippen LogP contribution in [0.2, 0.25) is 0 Å². The lowest BCUT2D eigenvalue weighted by molar-refractivity contribution is 0.580. The van der Waals surface area contributed by atoms with Crippen molar-refractivity contribution in [3.05, 3.63) is 94.9 Å². The smallest absolute Gasteiger partial charge is 0.126 e. The lowest BCUT2D eigenvalue weighted by atomic mass is 10.0. The first-order chi connectivity index (χ1) is 12.7. The molecule has 0 atom stereocenters. The fourth-order valence-electron chi connectivity index (χ4n) is 2.92. The standard InChI is InChI=1S/C21H15F2N3/c22-17-10-16(11-18(23)13-17)9-15-2-4-21-19(12-15)20(25-26-21)3-1-14-5-7-24-8-6-14/h1-8,10-13H,9H2,(H,25,26). The molecule has 0 radical (unpaired) electrons. The van der Waals surface area contributed by atoms with Crippen molar-refractivity contribution < 1.29 is 8.78 Å². The molecular weight excluding hydrogens is 332 g/mol. The summed E-state index contributed by atoms with van der Waals surface area (Å²) in [6, 6.07) is 13.3. The first kappa shape index (κ1) is 16.1. The molecule has 4 aromatic rings. The van der Waals surface area contributed by atoms with E-state index in [1.54, 1.807) is 12.4 Å². The van der Waals surface area contributed by atoms with Gasteiger partial charge < -0.3 is 0 Å². The van der Waals surface area contributed by atoms with E-state index in [2.05, 4.69) is 15.2 Å². The van der Waals surface area contributed by atoms with Crippen molar-refractivity contribution in [1.82, 2.24) is 15.2 Å². The fourth-order valence-corrected chi connectivity index (χ4v) is 2.92. The Labute approximate surface area is 149 Å². The van der Waals surface area contributed by atoms with Gasteiger partial charge in [-0.3, -0.25) is 10.1 Å². The maximum atomic E-state index is 13.4. The number of H-pyrrole nitrogens is 1. The number of fused-ring (bicyclic) bond motifs is 1. The summed E-state index contributed by atoms with van der Waals surface area (Å²) in [5.74, 6) is -1.13. The largest absolute Gasteiger partial charge is 0.277 e. The van der Waals surface area contributed by atoms with E-state index in [0.29, 0.717) is 12.0 Å². The number of halogens is 2. The first-order valence-electron chi connectivity index (χ1n) is 8.17. The number of pyridine rings is 1. The minimum atomic E-state index is -0.564. The van der Waals surface area contributed by atoms with Crippen LogP contribution in [0.3, 0.4) is 0 Å². The third-order valence-corrected chi connectivity index (χ3v) is 4.13. The SMILES string of the molecule is Fc1cc(F)cc(Cc2ccc3[nH]nc(C=Cc4ccncc4)c3c2)c1. The minimum Gasteiger partial charge on any atom is -0.277 e. The number of aromatic nitrogens is 3. The Morgan fingerprint density at radius 2 is 1.62 bits per heavy atom. The van der Waals surface area contributed by atoms with Crippen LogP contribution in [0.15, 0.2) is 60.9 Å². The normalized spacial score (nSPS) is 11.5. The molecule has 0 unspecified atom stereocenters. The molecule has 0 spiro atoms. The average molecular weight is 347 g/mol. The zero-order valence-electron chi connectivity index (χ0n) is 13.8. The molecule has 3 nitrogen and oxygen atoms in total. The highest BCUT2D eigenvalue weighted by Gasteiger charge is 2.06. The predicted molar refractivity (Wildman–Crippen MR) is 98.4 cm³/mol. The summed E-state index contributed by atoms with van der Waals surface area (Å²) in [5, 5.41) is 8.30. The van der Waals surface area contributed by atoms with Crippen LogP contribution in [0, 0.1) is 11.6 Å². The predicted octanol–water partition coefficient (Wildman–Crippen LogP) is 5.00. The lowest BCUT2D eigenvalue weighted by Gasteiger charge is -2.03. The van der Waals surface area contributed by atoms with E-state index >= 15 is 0 Å². The van der Waals surface area contributed by atoms with E-state index in [1.165, 1.54) is 12.1 Å². The van der Waals surface area contributed by atoms with Crippen LogP contribution < -0.4 is 0 Å². The second-order valence-electron chi connectivity index (χ2n) is 6.06. The monoisotopic (exact) mass is 347 g/mol. The first-order valence-corrected chi connectivity index (χ1v) is 8.17. The van der Waals surface area contributed by atoms with E-state index in [1.807, 2.05) is 42.5 Å². The fraction of sp³-hybridized carbons (Fsp3) is 0.0476. The Hall–Kier alpha value is -3.34. The molecule has 2 aromatic carbocycles. The molecule has 128 valence electrons. The zero-order chi connectivity index (χ0) is 17.9. The molecule has 0 amide bonds. The Balaban J connectivity index is 1.65. The molecule has 0 saturated heterocycles. The Kier molecular flexibility index (Phi) is 4.27. The van der Waals surface area contributed by atoms with Gasteiger partial charge in [0.25, 0.3) is 0 Å². The summed E-state index contributed by atoms with van der Waals surface area (Å²) in [5.41, 5.74) is 4.31. The van der Waals surface area contributed by atoms with Gasteiger partial charge in [0.05, 0.1) is 11.2 Å². The van der Waals surface area contributed by atoms with Crippen LogP contribution >= 0.6 is 0 Å². The molecule has 4 rings (SSSR count). The highest BCUT2D eigenvalue weighted by Crippen LogP contribution is 2.22. The van der Waals surface area contributed by atoms with Crippen LogP contribution in [0.5, 0.6) is 0 Å². The summed E-state index contributed by atoms with van der Waals surface area (Å²) in [7, 11) is 0. The van der Waals surface area contributed by atoms with Crippen molar-refractivity contribution in [2.45, 2.75) is 6.42 Å². The number of aromatic amines is 1. The Bertz CT molecular complexity index is 1060. The molecule has 5 heteroatoms. The maximum Gasteiger partial charge on any atom is 0.126 e. The molecule has 2 aromatic heterocycles. The number of nitrogens with zero attached hydrogens (tertiary/aromatic N) is 2. The lowest BCUT2D eigenvalue weighted by Crippen LogP contribution is -1.91. The molecule has 0 aliphatic heterocycles. The number of hydrogen-bond acceptors (Lipinski definition) is 2. The van der Waals surface area contributed by atoms with Crippen molar-refractivity contribution in [3.8, 4) is 0 Å². The average Bonchev–Trinajstić information content (AvgIpc) is 3.02. The molecule has 0 fully saturated rings. The van der Waals surface area contributed by atoms with Gasteiger partial charge in [-0.05, 0) is 65.6 Å². The summed E-state index contributed by atoms with van der Waals surface area (Å²) in [4.78, 5) is 4.00. The molecular formula is C21H15F2N3. The number of nitrogens with one attached hydrogen (secondary N) is 1. The Morgan fingerprint density at radius 1 is 0.846 bits per heavy atom. The summed E-state index contributed by atoms with van der Waals surface area (Å²) in [6.45, 7) is 0. The van der Waals surface area contributed by atoms with Crippen molar-refractivity contribution in [3.63, 3.8) is 0 Å². The van der Waals surface area contributed by atoms with E-state index in [4.69, 9.17) is 0 Å². The van der Waals surface area contributed by atoms with Gasteiger partial charge in [0, 0.05) is 23.8 Å². The van der Waals surface area contributed by atoms with E-state index in [0.717, 1.165) is 33.8 Å². The molecule has 1 N–H and O–H groups in total. The molecule has 0 saturated carbocycles. The van der Waals surface area contributed by atoms with Crippen LogP contribution in [0.25, 0.3) is 23.1 Å². The topological polar surface area (TPSA) is 41.6 Å². The van der Waals surface area contributed by atoms with Gasteiger partial charge in [0.1, 0.15) is 11.6 Å². The maximum absolute atomic E-state index is 13.4. The van der Waals surface area contributed by atoms with E-state index in [-0.39, 0.29) is 0 Å². The summed E-state index contributed by atoms with van der Waals surface area (Å²) < 4.78 is 26.8. The van der Waals surface area contributed by atoms with Gasteiger partial charge in [-0.2, -0.15) is 5.10 Å². The third-order valence-electron chi connectivity index (χ3n) is 4.13. The highest BCUT2D eigenvalue weighted by molar-refractivity contribution is 5.89. The molecule has 0 bridgehead atoms. The molecule has 0 aliphatic carbocycles. The number of benzene rings is 2. The van der Waals surface area contributed by atoms with Crippen LogP contribution in [0.4, 0.5) is 8.78 Å². The molecule has 0 aliphatic rings. The van der Waals surface area contributed by atoms with E-state index in [9.17, 15) is 8.78 Å². The highest BCUT2D eigenvalue weighted by atomic mass is 19.1. The zero-order valence-corrected chi connectivity index (χ0v) is 13.8. The van der Waals surface area contributed by atoms with Gasteiger partial charge in [0.2, 0.25) is 0 Å². The summed E-state index contributed by atoms with van der Waals surface area (Å²) >= 11 is 0. The van der Waals surface area contributed by atoms with Gasteiger partial charge in [0.15, 0.2) is 0 Å². The van der Waals surface area contributed by atoms with Crippen molar-refractivity contribution in [2.75, 3.05) is 0 Å². The second-order valence-corrected chi connectivity index (χ2v) is 6.06. The Morgan fingerprint density at radius 3 is 2.38 bits per heavy atom. The number of rotatable bonds is 4. The van der Waals surface area contributed by atoms with Crippen LogP contribution in [0.1, 0.15) is 22.4 Å².